The molecule has 0 saturated heterocycles. The lowest BCUT2D eigenvalue weighted by Gasteiger charge is -2.13. The first kappa shape index (κ1) is 19.8. The summed E-state index contributed by atoms with van der Waals surface area (Å²) in [6.07, 6.45) is 1.19. The first-order valence-electron chi connectivity index (χ1n) is 8.78. The summed E-state index contributed by atoms with van der Waals surface area (Å²) in [5.74, 6) is 0. The number of benzene rings is 3. The van der Waals surface area contributed by atoms with Gasteiger partial charge in [-0.05, 0) is 36.2 Å². The van der Waals surface area contributed by atoms with Crippen molar-refractivity contribution in [3.05, 3.63) is 76.4 Å². The van der Waals surface area contributed by atoms with E-state index in [0.717, 1.165) is 11.1 Å². The maximum Gasteiger partial charge on any atom is 0.176 e. The lowest BCUT2D eigenvalue weighted by atomic mass is 10.0. The second-order valence-corrected chi connectivity index (χ2v) is 9.53. The first-order valence-corrected chi connectivity index (χ1v) is 11.4. The monoisotopic (exact) mass is 442 g/mol. The van der Waals surface area contributed by atoms with Crippen LogP contribution in [0.1, 0.15) is 5.69 Å². The van der Waals surface area contributed by atoms with Crippen LogP contribution in [0.4, 0.5) is 0 Å². The number of aromatic nitrogens is 2. The summed E-state index contributed by atoms with van der Waals surface area (Å²) in [5.41, 5.74) is 4.17. The standard InChI is InChI=1S/C22H16Cl2N2O2S/c1-13-20(26-22-18(24)11-10-17(23)21(22)25-13)16-9-8-15(12-19(16)29(2,27)28)14-6-4-3-5-7-14/h3-12H,1-2H3. The van der Waals surface area contributed by atoms with E-state index < -0.39 is 9.84 Å². The Balaban J connectivity index is 2.00. The highest BCUT2D eigenvalue weighted by Gasteiger charge is 2.20. The summed E-state index contributed by atoms with van der Waals surface area (Å²) in [6, 6.07) is 18.2. The van der Waals surface area contributed by atoms with Gasteiger partial charge in [0.1, 0.15) is 11.0 Å². The molecule has 4 aromatic rings. The Hall–Kier alpha value is -2.47. The Bertz CT molecular complexity index is 1350. The minimum Gasteiger partial charge on any atom is -0.248 e. The van der Waals surface area contributed by atoms with E-state index in [4.69, 9.17) is 23.2 Å². The second-order valence-electron chi connectivity index (χ2n) is 6.73. The van der Waals surface area contributed by atoms with Gasteiger partial charge >= 0.3 is 0 Å². The third-order valence-corrected chi connectivity index (χ3v) is 6.39. The molecule has 4 rings (SSSR count). The van der Waals surface area contributed by atoms with Gasteiger partial charge in [0.25, 0.3) is 0 Å². The third-order valence-electron chi connectivity index (χ3n) is 4.64. The minimum absolute atomic E-state index is 0.189. The van der Waals surface area contributed by atoms with Gasteiger partial charge in [0.2, 0.25) is 0 Å². The van der Waals surface area contributed by atoms with Crippen LogP contribution in [0.15, 0.2) is 65.6 Å². The zero-order valence-corrected chi connectivity index (χ0v) is 18.0. The van der Waals surface area contributed by atoms with Crippen LogP contribution in [0, 0.1) is 6.92 Å². The van der Waals surface area contributed by atoms with Crippen LogP contribution in [0.3, 0.4) is 0 Å². The van der Waals surface area contributed by atoms with E-state index in [9.17, 15) is 8.42 Å². The molecule has 0 saturated carbocycles. The van der Waals surface area contributed by atoms with Crippen LogP contribution in [0.2, 0.25) is 10.0 Å². The topological polar surface area (TPSA) is 59.9 Å². The van der Waals surface area contributed by atoms with Crippen LogP contribution in [-0.2, 0) is 9.84 Å². The predicted molar refractivity (Wildman–Crippen MR) is 118 cm³/mol. The first-order chi connectivity index (χ1) is 13.8. The quantitative estimate of drug-likeness (QED) is 0.391. The van der Waals surface area contributed by atoms with Gasteiger partial charge in [0.15, 0.2) is 9.84 Å². The fourth-order valence-electron chi connectivity index (χ4n) is 3.25. The van der Waals surface area contributed by atoms with Gasteiger partial charge < -0.3 is 0 Å². The zero-order chi connectivity index (χ0) is 20.8. The van der Waals surface area contributed by atoms with Crippen molar-refractivity contribution in [2.45, 2.75) is 11.8 Å². The number of hydrogen-bond donors (Lipinski definition) is 0. The van der Waals surface area contributed by atoms with E-state index in [1.165, 1.54) is 6.26 Å². The van der Waals surface area contributed by atoms with Crippen LogP contribution in [-0.4, -0.2) is 24.6 Å². The zero-order valence-electron chi connectivity index (χ0n) is 15.6. The molecule has 29 heavy (non-hydrogen) atoms. The fraction of sp³-hybridized carbons (Fsp3) is 0.0909. The van der Waals surface area contributed by atoms with E-state index >= 15 is 0 Å². The molecule has 1 aromatic heterocycles. The van der Waals surface area contributed by atoms with Crippen molar-refractivity contribution in [1.29, 1.82) is 0 Å². The van der Waals surface area contributed by atoms with E-state index in [1.807, 2.05) is 36.4 Å². The van der Waals surface area contributed by atoms with Crippen molar-refractivity contribution in [2.24, 2.45) is 0 Å². The van der Waals surface area contributed by atoms with Crippen molar-refractivity contribution in [3.8, 4) is 22.4 Å². The molecule has 0 aliphatic heterocycles. The van der Waals surface area contributed by atoms with Gasteiger partial charge in [0, 0.05) is 11.8 Å². The molecule has 0 spiro atoms. The van der Waals surface area contributed by atoms with Crippen molar-refractivity contribution in [2.75, 3.05) is 6.26 Å². The molecule has 7 heteroatoms. The molecule has 0 bridgehead atoms. The lowest BCUT2D eigenvalue weighted by molar-refractivity contribution is 0.602. The van der Waals surface area contributed by atoms with Gasteiger partial charge in [0.05, 0.1) is 26.3 Å². The molecular formula is C22H16Cl2N2O2S. The van der Waals surface area contributed by atoms with Crippen LogP contribution < -0.4 is 0 Å². The Morgan fingerprint density at radius 2 is 1.41 bits per heavy atom. The Morgan fingerprint density at radius 1 is 0.793 bits per heavy atom. The van der Waals surface area contributed by atoms with Crippen LogP contribution >= 0.6 is 23.2 Å². The van der Waals surface area contributed by atoms with Gasteiger partial charge in [-0.2, -0.15) is 0 Å². The number of hydrogen-bond acceptors (Lipinski definition) is 4. The van der Waals surface area contributed by atoms with E-state index in [0.29, 0.717) is 38.0 Å². The van der Waals surface area contributed by atoms with Crippen molar-refractivity contribution in [1.82, 2.24) is 9.97 Å². The van der Waals surface area contributed by atoms with Gasteiger partial charge in [-0.3, -0.25) is 0 Å². The summed E-state index contributed by atoms with van der Waals surface area (Å²) >= 11 is 12.5. The van der Waals surface area contributed by atoms with Crippen LogP contribution in [0.5, 0.6) is 0 Å². The smallest absolute Gasteiger partial charge is 0.176 e. The average Bonchev–Trinajstić information content (AvgIpc) is 2.70. The highest BCUT2D eigenvalue weighted by Crippen LogP contribution is 2.35. The number of halogens is 2. The normalized spacial score (nSPS) is 11.7. The molecule has 0 radical (unpaired) electrons. The summed E-state index contributed by atoms with van der Waals surface area (Å²) in [4.78, 5) is 9.37. The molecule has 4 nitrogen and oxygen atoms in total. The molecule has 0 aliphatic rings. The molecule has 0 aliphatic carbocycles. The number of sulfone groups is 1. The second kappa shape index (κ2) is 7.41. The number of fused-ring (bicyclic) bond motifs is 1. The van der Waals surface area contributed by atoms with E-state index in [1.54, 1.807) is 31.2 Å². The van der Waals surface area contributed by atoms with Crippen molar-refractivity contribution >= 4 is 44.1 Å². The highest BCUT2D eigenvalue weighted by atomic mass is 35.5. The molecule has 146 valence electrons. The van der Waals surface area contributed by atoms with Gasteiger partial charge in [-0.25, -0.2) is 18.4 Å². The number of rotatable bonds is 3. The molecule has 0 unspecified atom stereocenters. The SMILES string of the molecule is Cc1nc2c(Cl)ccc(Cl)c2nc1-c1ccc(-c2ccccc2)cc1S(C)(=O)=O. The molecule has 3 aromatic carbocycles. The van der Waals surface area contributed by atoms with Crippen molar-refractivity contribution in [3.63, 3.8) is 0 Å². The van der Waals surface area contributed by atoms with E-state index in [-0.39, 0.29) is 4.90 Å². The summed E-state index contributed by atoms with van der Waals surface area (Å²) in [7, 11) is -3.53. The fourth-order valence-corrected chi connectivity index (χ4v) is 4.54. The lowest BCUT2D eigenvalue weighted by Crippen LogP contribution is -2.04. The maximum atomic E-state index is 12.6. The molecule has 0 atom stereocenters. The Labute approximate surface area is 179 Å². The molecule has 0 fully saturated rings. The van der Waals surface area contributed by atoms with Crippen LogP contribution in [0.25, 0.3) is 33.4 Å². The van der Waals surface area contributed by atoms with Gasteiger partial charge in [-0.15, -0.1) is 0 Å². The highest BCUT2D eigenvalue weighted by molar-refractivity contribution is 7.90. The molecule has 0 N–H and O–H groups in total. The van der Waals surface area contributed by atoms with Crippen molar-refractivity contribution < 1.29 is 8.42 Å². The Kier molecular flexibility index (Phi) is 5.07. The largest absolute Gasteiger partial charge is 0.248 e. The average molecular weight is 443 g/mol. The maximum absolute atomic E-state index is 12.6. The minimum atomic E-state index is -3.53. The Morgan fingerprint density at radius 3 is 2.03 bits per heavy atom. The third kappa shape index (κ3) is 3.73. The summed E-state index contributed by atoms with van der Waals surface area (Å²) in [5, 5.41) is 0.842. The molecular weight excluding hydrogens is 427 g/mol. The summed E-state index contributed by atoms with van der Waals surface area (Å²) < 4.78 is 25.2. The molecule has 1 heterocycles. The van der Waals surface area contributed by atoms with E-state index in [2.05, 4.69) is 9.97 Å². The molecule has 0 amide bonds. The predicted octanol–water partition coefficient (Wildman–Crippen LogP) is 5.98. The van der Waals surface area contributed by atoms with Gasteiger partial charge in [-0.1, -0.05) is 65.7 Å². The summed E-state index contributed by atoms with van der Waals surface area (Å²) in [6.45, 7) is 1.77. The number of nitrogens with zero attached hydrogens (tertiary/aromatic N) is 2. The number of aryl methyl sites for hydroxylation is 1.